The number of ether oxygens (including phenoxy) is 2. The van der Waals surface area contributed by atoms with Crippen LogP contribution in [0.4, 0.5) is 5.69 Å². The molecule has 1 heterocycles. The Hall–Kier alpha value is -2.75. The lowest BCUT2D eigenvalue weighted by atomic mass is 10.3. The van der Waals surface area contributed by atoms with Crippen LogP contribution in [-0.4, -0.2) is 32.4 Å². The SMILES string of the molecule is COc1ccc(NS(=O)(=O)c2ccc(-n3ncc(Cl)c(Cl)c3=O)cc2)c(OC)c1. The van der Waals surface area contributed by atoms with Gasteiger partial charge in [-0.1, -0.05) is 23.2 Å². The van der Waals surface area contributed by atoms with Gasteiger partial charge < -0.3 is 9.47 Å². The molecule has 3 aromatic rings. The predicted octanol–water partition coefficient (Wildman–Crippen LogP) is 3.36. The van der Waals surface area contributed by atoms with Crippen LogP contribution in [-0.2, 0) is 10.0 Å². The number of sulfonamides is 1. The maximum Gasteiger partial charge on any atom is 0.291 e. The van der Waals surface area contributed by atoms with Crippen LogP contribution in [0.25, 0.3) is 5.69 Å². The van der Waals surface area contributed by atoms with E-state index in [1.807, 2.05) is 0 Å². The molecule has 0 bridgehead atoms. The largest absolute Gasteiger partial charge is 0.497 e. The fourth-order valence-corrected chi connectivity index (χ4v) is 3.77. The van der Waals surface area contributed by atoms with Gasteiger partial charge in [-0.15, -0.1) is 0 Å². The van der Waals surface area contributed by atoms with Gasteiger partial charge in [-0.2, -0.15) is 9.78 Å². The third kappa shape index (κ3) is 4.31. The molecule has 29 heavy (non-hydrogen) atoms. The van der Waals surface area contributed by atoms with Crippen LogP contribution in [0.3, 0.4) is 0 Å². The highest BCUT2D eigenvalue weighted by atomic mass is 35.5. The van der Waals surface area contributed by atoms with Gasteiger partial charge >= 0.3 is 0 Å². The van der Waals surface area contributed by atoms with E-state index >= 15 is 0 Å². The molecular weight excluding hydrogens is 441 g/mol. The Morgan fingerprint density at radius 3 is 2.34 bits per heavy atom. The van der Waals surface area contributed by atoms with E-state index in [1.54, 1.807) is 12.1 Å². The lowest BCUT2D eigenvalue weighted by Gasteiger charge is -2.13. The van der Waals surface area contributed by atoms with Crippen LogP contribution < -0.4 is 19.8 Å². The molecule has 0 aliphatic heterocycles. The minimum absolute atomic E-state index is 0.0211. The van der Waals surface area contributed by atoms with Crippen molar-refractivity contribution in [3.8, 4) is 17.2 Å². The summed E-state index contributed by atoms with van der Waals surface area (Å²) < 4.78 is 39.2. The Morgan fingerprint density at radius 1 is 1.03 bits per heavy atom. The summed E-state index contributed by atoms with van der Waals surface area (Å²) in [6, 6.07) is 10.2. The first-order valence-corrected chi connectivity index (χ1v) is 10.3. The summed E-state index contributed by atoms with van der Waals surface area (Å²) in [7, 11) is -1.00. The molecule has 0 fully saturated rings. The van der Waals surface area contributed by atoms with E-state index in [0.717, 1.165) is 4.68 Å². The highest BCUT2D eigenvalue weighted by molar-refractivity contribution is 7.92. The molecule has 0 radical (unpaired) electrons. The molecule has 0 spiro atoms. The van der Waals surface area contributed by atoms with Crippen LogP contribution >= 0.6 is 23.2 Å². The number of halogens is 2. The summed E-state index contributed by atoms with van der Waals surface area (Å²) in [5.74, 6) is 0.824. The van der Waals surface area contributed by atoms with Crippen molar-refractivity contribution in [3.05, 3.63) is 69.1 Å². The molecule has 0 aliphatic carbocycles. The Labute approximate surface area is 176 Å². The first-order chi connectivity index (χ1) is 13.8. The number of nitrogens with zero attached hydrogens (tertiary/aromatic N) is 2. The van der Waals surface area contributed by atoms with Crippen molar-refractivity contribution in [1.82, 2.24) is 9.78 Å². The zero-order chi connectivity index (χ0) is 21.2. The van der Waals surface area contributed by atoms with Crippen LogP contribution in [0.2, 0.25) is 10.0 Å². The average molecular weight is 456 g/mol. The summed E-state index contributed by atoms with van der Waals surface area (Å²) in [6.07, 6.45) is 1.23. The molecule has 152 valence electrons. The van der Waals surface area contributed by atoms with Crippen molar-refractivity contribution >= 4 is 38.9 Å². The van der Waals surface area contributed by atoms with E-state index in [1.165, 1.54) is 50.7 Å². The number of anilines is 1. The van der Waals surface area contributed by atoms with E-state index in [-0.39, 0.29) is 20.6 Å². The fourth-order valence-electron chi connectivity index (χ4n) is 2.45. The zero-order valence-corrected chi connectivity index (χ0v) is 17.5. The summed E-state index contributed by atoms with van der Waals surface area (Å²) in [5, 5.41) is 3.76. The van der Waals surface area contributed by atoms with Crippen molar-refractivity contribution in [1.29, 1.82) is 0 Å². The van der Waals surface area contributed by atoms with Crippen molar-refractivity contribution in [2.75, 3.05) is 18.9 Å². The van der Waals surface area contributed by atoms with Gasteiger partial charge in [0, 0.05) is 6.07 Å². The van der Waals surface area contributed by atoms with Crippen LogP contribution in [0.5, 0.6) is 11.5 Å². The summed E-state index contributed by atoms with van der Waals surface area (Å²) >= 11 is 11.6. The maximum atomic E-state index is 12.7. The molecule has 2 aromatic carbocycles. The van der Waals surface area contributed by atoms with Gasteiger partial charge in [0.1, 0.15) is 16.5 Å². The number of nitrogens with one attached hydrogen (secondary N) is 1. The second kappa shape index (κ2) is 8.32. The van der Waals surface area contributed by atoms with E-state index in [4.69, 9.17) is 32.7 Å². The first kappa shape index (κ1) is 21.0. The van der Waals surface area contributed by atoms with Crippen molar-refractivity contribution in [3.63, 3.8) is 0 Å². The smallest absolute Gasteiger partial charge is 0.291 e. The second-order valence-electron chi connectivity index (χ2n) is 5.69. The van der Waals surface area contributed by atoms with E-state index in [9.17, 15) is 13.2 Å². The number of rotatable bonds is 6. The number of methoxy groups -OCH3 is 2. The van der Waals surface area contributed by atoms with Crippen molar-refractivity contribution in [2.45, 2.75) is 4.90 Å². The van der Waals surface area contributed by atoms with Crippen LogP contribution in [0, 0.1) is 0 Å². The summed E-state index contributed by atoms with van der Waals surface area (Å²) in [5.41, 5.74) is -0.0369. The quantitative estimate of drug-likeness (QED) is 0.611. The van der Waals surface area contributed by atoms with Crippen molar-refractivity contribution < 1.29 is 17.9 Å². The molecule has 0 aliphatic rings. The van der Waals surface area contributed by atoms with Crippen molar-refractivity contribution in [2.24, 2.45) is 0 Å². The topological polar surface area (TPSA) is 99.5 Å². The molecule has 0 amide bonds. The molecule has 0 saturated carbocycles. The summed E-state index contributed by atoms with van der Waals surface area (Å²) in [4.78, 5) is 12.1. The Morgan fingerprint density at radius 2 is 1.72 bits per heavy atom. The molecular formula is C18H15Cl2N3O5S. The molecule has 11 heteroatoms. The third-order valence-electron chi connectivity index (χ3n) is 3.92. The average Bonchev–Trinajstić information content (AvgIpc) is 2.72. The molecule has 3 rings (SSSR count). The third-order valence-corrected chi connectivity index (χ3v) is 6.05. The minimum atomic E-state index is -3.92. The molecule has 0 saturated heterocycles. The normalized spacial score (nSPS) is 11.2. The Kier molecular flexibility index (Phi) is 6.02. The van der Waals surface area contributed by atoms with Gasteiger partial charge in [0.05, 0.1) is 41.7 Å². The van der Waals surface area contributed by atoms with Gasteiger partial charge in [0.15, 0.2) is 0 Å². The van der Waals surface area contributed by atoms with Gasteiger partial charge in [0.2, 0.25) is 0 Å². The molecule has 0 atom stereocenters. The lowest BCUT2D eigenvalue weighted by molar-refractivity contribution is 0.395. The number of hydrogen-bond donors (Lipinski definition) is 1. The number of hydrogen-bond acceptors (Lipinski definition) is 6. The zero-order valence-electron chi connectivity index (χ0n) is 15.2. The number of benzene rings is 2. The Balaban J connectivity index is 1.92. The predicted molar refractivity (Wildman–Crippen MR) is 110 cm³/mol. The van der Waals surface area contributed by atoms with Gasteiger partial charge in [-0.3, -0.25) is 9.52 Å². The van der Waals surface area contributed by atoms with E-state index in [2.05, 4.69) is 9.82 Å². The van der Waals surface area contributed by atoms with Gasteiger partial charge in [-0.05, 0) is 36.4 Å². The number of aromatic nitrogens is 2. The molecule has 1 N–H and O–H groups in total. The van der Waals surface area contributed by atoms with Crippen LogP contribution in [0.15, 0.2) is 58.4 Å². The lowest BCUT2D eigenvalue weighted by Crippen LogP contribution is -2.21. The van der Waals surface area contributed by atoms with Gasteiger partial charge in [-0.25, -0.2) is 8.42 Å². The highest BCUT2D eigenvalue weighted by Crippen LogP contribution is 2.31. The van der Waals surface area contributed by atoms with Crippen LogP contribution in [0.1, 0.15) is 0 Å². The van der Waals surface area contributed by atoms with E-state index < -0.39 is 15.6 Å². The van der Waals surface area contributed by atoms with E-state index in [0.29, 0.717) is 17.2 Å². The summed E-state index contributed by atoms with van der Waals surface area (Å²) in [6.45, 7) is 0. The maximum absolute atomic E-state index is 12.7. The molecule has 1 aromatic heterocycles. The van der Waals surface area contributed by atoms with Gasteiger partial charge in [0.25, 0.3) is 15.6 Å². The standard InChI is InChI=1S/C18H15Cl2N3O5S/c1-27-12-5-8-15(16(9-12)28-2)22-29(25,26)13-6-3-11(4-7-13)23-18(24)17(20)14(19)10-21-23/h3-10,22H,1-2H3. The molecule has 8 nitrogen and oxygen atoms in total. The highest BCUT2D eigenvalue weighted by Gasteiger charge is 2.18. The minimum Gasteiger partial charge on any atom is -0.497 e. The Bertz CT molecular complexity index is 1210. The first-order valence-electron chi connectivity index (χ1n) is 8.05. The monoisotopic (exact) mass is 455 g/mol. The fraction of sp³-hybridized carbons (Fsp3) is 0.111. The second-order valence-corrected chi connectivity index (χ2v) is 8.16. The molecule has 0 unspecified atom stereocenters.